The van der Waals surface area contributed by atoms with E-state index in [-0.39, 0.29) is 35.3 Å². The molecule has 0 atom stereocenters. The van der Waals surface area contributed by atoms with Gasteiger partial charge >= 0.3 is 0 Å². The molecule has 2 aliphatic rings. The monoisotopic (exact) mass is 717 g/mol. The predicted octanol–water partition coefficient (Wildman–Crippen LogP) is 7.55. The summed E-state index contributed by atoms with van der Waals surface area (Å²) >= 11 is 0. The largest absolute Gasteiger partial charge is 0.337 e. The van der Waals surface area contributed by atoms with Crippen molar-refractivity contribution in [3.63, 3.8) is 0 Å². The van der Waals surface area contributed by atoms with Crippen LogP contribution in [0.5, 0.6) is 0 Å². The topological polar surface area (TPSA) is 125 Å². The van der Waals surface area contributed by atoms with Gasteiger partial charge < -0.3 is 9.42 Å². The Kier molecular flexibility index (Phi) is 10.1. The van der Waals surface area contributed by atoms with Crippen LogP contribution in [0.25, 0.3) is 11.1 Å². The second-order valence-electron chi connectivity index (χ2n) is 13.4. The molecule has 10 nitrogen and oxygen atoms in total. The number of hydrogen-bond acceptors (Lipinski definition) is 7. The molecule has 0 unspecified atom stereocenters. The van der Waals surface area contributed by atoms with Crippen LogP contribution in [-0.2, 0) is 27.9 Å². The lowest BCUT2D eigenvalue weighted by atomic mass is 9.95. The fourth-order valence-corrected chi connectivity index (χ4v) is 8.08. The molecule has 2 heterocycles. The van der Waals surface area contributed by atoms with Crippen molar-refractivity contribution in [3.8, 4) is 11.1 Å². The minimum atomic E-state index is -4.19. The number of amidine groups is 1. The quantitative estimate of drug-likeness (QED) is 0.161. The summed E-state index contributed by atoms with van der Waals surface area (Å²) < 4.78 is 63.2. The molecule has 1 aliphatic heterocycles. The van der Waals surface area contributed by atoms with Crippen LogP contribution in [-0.4, -0.2) is 53.6 Å². The zero-order valence-electron chi connectivity index (χ0n) is 29.1. The number of halogens is 2. The molecule has 0 radical (unpaired) electrons. The summed E-state index contributed by atoms with van der Waals surface area (Å²) in [7, 11) is -2.66. The third-order valence-electron chi connectivity index (χ3n) is 9.76. The Balaban J connectivity index is 1.40. The van der Waals surface area contributed by atoms with E-state index in [1.165, 1.54) is 24.1 Å². The van der Waals surface area contributed by atoms with Gasteiger partial charge in [-0.3, -0.25) is 19.5 Å². The highest BCUT2D eigenvalue weighted by atomic mass is 32.2. The molecule has 1 aliphatic carbocycles. The highest BCUT2D eigenvalue weighted by Gasteiger charge is 2.49. The van der Waals surface area contributed by atoms with Gasteiger partial charge in [-0.2, -0.15) is 0 Å². The van der Waals surface area contributed by atoms with Crippen LogP contribution >= 0.6 is 0 Å². The molecular formula is C38H41F2N5O5S. The fraction of sp³-hybridized carbons (Fsp3) is 0.368. The summed E-state index contributed by atoms with van der Waals surface area (Å²) in [6, 6.07) is 14.9. The normalized spacial score (nSPS) is 15.5. The standard InChI is InChI=1S/C38H41F2N5O5S/c1-5-6-13-34-41-38(18-9-10-19-38)37(47)45(34)22-26-14-16-29(28(20-26)23-44(4)36(46)27-15-17-31(39)32(40)21-27)30-11-7-8-12-33(30)51(48,49)43-35-24(2)25(3)42-50-35/h7-8,11-12,14-17,20-21,43H,5-6,9-10,13,18-19,22-23H2,1-4H3. The number of carbonyl (C=O) groups is 2. The predicted molar refractivity (Wildman–Crippen MR) is 190 cm³/mol. The van der Waals surface area contributed by atoms with Crippen LogP contribution in [0.1, 0.15) is 84.6 Å². The summed E-state index contributed by atoms with van der Waals surface area (Å²) in [6.45, 7) is 5.74. The molecule has 51 heavy (non-hydrogen) atoms. The van der Waals surface area contributed by atoms with E-state index in [4.69, 9.17) is 9.52 Å². The van der Waals surface area contributed by atoms with E-state index in [9.17, 15) is 26.8 Å². The lowest BCUT2D eigenvalue weighted by Gasteiger charge is -2.24. The molecule has 1 saturated carbocycles. The maximum atomic E-state index is 14.1. The second-order valence-corrected chi connectivity index (χ2v) is 15.0. The number of aryl methyl sites for hydroxylation is 1. The average molecular weight is 718 g/mol. The van der Waals surface area contributed by atoms with Crippen molar-refractivity contribution in [2.75, 3.05) is 11.8 Å². The van der Waals surface area contributed by atoms with Crippen molar-refractivity contribution in [3.05, 3.63) is 100 Å². The Morgan fingerprint density at radius 3 is 2.45 bits per heavy atom. The maximum absolute atomic E-state index is 14.1. The van der Waals surface area contributed by atoms with Crippen LogP contribution in [0.2, 0.25) is 0 Å². The van der Waals surface area contributed by atoms with Crippen LogP contribution in [0.3, 0.4) is 0 Å². The third-order valence-corrected chi connectivity index (χ3v) is 11.2. The highest BCUT2D eigenvalue weighted by Crippen LogP contribution is 2.40. The molecule has 268 valence electrons. The van der Waals surface area contributed by atoms with E-state index in [0.29, 0.717) is 34.4 Å². The molecule has 1 spiro atoms. The van der Waals surface area contributed by atoms with Crippen molar-refractivity contribution in [2.45, 2.75) is 89.2 Å². The van der Waals surface area contributed by atoms with Gasteiger partial charge in [0.1, 0.15) is 11.4 Å². The zero-order valence-corrected chi connectivity index (χ0v) is 29.9. The average Bonchev–Trinajstić information content (AvgIpc) is 3.79. The maximum Gasteiger partial charge on any atom is 0.264 e. The Hall–Kier alpha value is -4.91. The number of aromatic nitrogens is 1. The van der Waals surface area contributed by atoms with Gasteiger partial charge in [-0.25, -0.2) is 21.9 Å². The number of rotatable bonds is 12. The molecule has 0 saturated heterocycles. The Morgan fingerprint density at radius 1 is 1.02 bits per heavy atom. The lowest BCUT2D eigenvalue weighted by Crippen LogP contribution is -2.40. The number of benzene rings is 3. The molecule has 2 amide bonds. The smallest absolute Gasteiger partial charge is 0.264 e. The first-order valence-electron chi connectivity index (χ1n) is 17.1. The van der Waals surface area contributed by atoms with Crippen LogP contribution in [0, 0.1) is 25.5 Å². The van der Waals surface area contributed by atoms with Gasteiger partial charge in [0.15, 0.2) is 11.6 Å². The fourth-order valence-electron chi connectivity index (χ4n) is 6.81. The van der Waals surface area contributed by atoms with Crippen LogP contribution in [0.15, 0.2) is 75.1 Å². The van der Waals surface area contributed by atoms with E-state index in [1.807, 2.05) is 12.1 Å². The summed E-state index contributed by atoms with van der Waals surface area (Å²) in [5.74, 6) is -1.98. The lowest BCUT2D eigenvalue weighted by molar-refractivity contribution is -0.131. The summed E-state index contributed by atoms with van der Waals surface area (Å²) in [5.41, 5.74) is 2.58. The molecule has 4 aromatic rings. The first-order valence-corrected chi connectivity index (χ1v) is 18.6. The molecule has 1 fully saturated rings. The zero-order chi connectivity index (χ0) is 36.5. The van der Waals surface area contributed by atoms with Gasteiger partial charge in [-0.1, -0.05) is 67.7 Å². The van der Waals surface area contributed by atoms with E-state index >= 15 is 0 Å². The Bertz CT molecular complexity index is 2120. The molecular weight excluding hydrogens is 677 g/mol. The molecule has 13 heteroatoms. The minimum absolute atomic E-state index is 0.00261. The molecule has 1 N–H and O–H groups in total. The van der Waals surface area contributed by atoms with E-state index in [2.05, 4.69) is 16.8 Å². The number of sulfonamides is 1. The second kappa shape index (κ2) is 14.4. The number of nitrogens with zero attached hydrogens (tertiary/aromatic N) is 4. The van der Waals surface area contributed by atoms with Gasteiger partial charge in [0.25, 0.3) is 21.8 Å². The van der Waals surface area contributed by atoms with Crippen LogP contribution in [0.4, 0.5) is 14.7 Å². The SMILES string of the molecule is CCCCC1=NC2(CCCC2)C(=O)N1Cc1ccc(-c2ccccc2S(=O)(=O)Nc2onc(C)c2C)c(CN(C)C(=O)c2ccc(F)c(F)c2)c1. The Morgan fingerprint density at radius 2 is 1.76 bits per heavy atom. The van der Waals surface area contributed by atoms with E-state index in [1.54, 1.807) is 43.0 Å². The molecule has 3 aromatic carbocycles. The number of unbranched alkanes of at least 4 members (excludes halogenated alkanes) is 1. The number of carbonyl (C=O) groups excluding carboxylic acids is 2. The number of hydrogen-bond donors (Lipinski definition) is 1. The van der Waals surface area contributed by atoms with Crippen molar-refractivity contribution in [1.29, 1.82) is 0 Å². The van der Waals surface area contributed by atoms with Crippen molar-refractivity contribution in [1.82, 2.24) is 15.0 Å². The van der Waals surface area contributed by atoms with Crippen molar-refractivity contribution in [2.24, 2.45) is 4.99 Å². The van der Waals surface area contributed by atoms with Gasteiger partial charge in [0, 0.05) is 36.7 Å². The molecule has 1 aromatic heterocycles. The number of aliphatic imine (C=N–C) groups is 1. The van der Waals surface area contributed by atoms with Crippen molar-refractivity contribution < 1.29 is 31.3 Å². The summed E-state index contributed by atoms with van der Waals surface area (Å²) in [6.07, 6.45) is 5.90. The number of amides is 2. The van der Waals surface area contributed by atoms with Crippen LogP contribution < -0.4 is 4.72 Å². The van der Waals surface area contributed by atoms with Gasteiger partial charge in [-0.05, 0) is 74.1 Å². The Labute approximate surface area is 296 Å². The third kappa shape index (κ3) is 7.17. The highest BCUT2D eigenvalue weighted by molar-refractivity contribution is 7.92. The van der Waals surface area contributed by atoms with Gasteiger partial charge in [-0.15, -0.1) is 0 Å². The van der Waals surface area contributed by atoms with Gasteiger partial charge in [0.05, 0.1) is 17.1 Å². The molecule has 6 rings (SSSR count). The number of nitrogens with one attached hydrogen (secondary N) is 1. The summed E-state index contributed by atoms with van der Waals surface area (Å²) in [5, 5.41) is 3.85. The van der Waals surface area contributed by atoms with E-state index < -0.39 is 33.1 Å². The summed E-state index contributed by atoms with van der Waals surface area (Å²) in [4.78, 5) is 35.5. The van der Waals surface area contributed by atoms with E-state index in [0.717, 1.165) is 62.1 Å². The first kappa shape index (κ1) is 35.9. The molecule has 0 bridgehead atoms. The number of anilines is 1. The minimum Gasteiger partial charge on any atom is -0.337 e. The van der Waals surface area contributed by atoms with Crippen molar-refractivity contribution >= 4 is 33.6 Å². The first-order chi connectivity index (χ1) is 24.3. The van der Waals surface area contributed by atoms with Gasteiger partial charge in [0.2, 0.25) is 5.88 Å².